The molecule has 0 radical (unpaired) electrons. The molecule has 4 aromatic rings. The number of fused-ring (bicyclic) bond motifs is 1. The molecule has 2 heterocycles. The third kappa shape index (κ3) is 5.72. The van der Waals surface area contributed by atoms with E-state index >= 15 is 0 Å². The van der Waals surface area contributed by atoms with Crippen LogP contribution in [0.3, 0.4) is 0 Å². The summed E-state index contributed by atoms with van der Waals surface area (Å²) in [6.07, 6.45) is 3.82. The standard InChI is InChI=1S/C27H28N2O4S/c1-19-10-12-22(13-11-19)32-16-7-6-15-29-18-28-25-23(26(29)30)20(2)24(34-25)27(31)33-17-14-21-8-4-3-5-9-21/h3-5,8-13,18H,6-7,14-17H2,1-2H3. The minimum absolute atomic E-state index is 0.124. The molecule has 0 aliphatic rings. The van der Waals surface area contributed by atoms with Gasteiger partial charge in [-0.05, 0) is 49.9 Å². The third-order valence-corrected chi connectivity index (χ3v) is 6.83. The van der Waals surface area contributed by atoms with Crippen LogP contribution in [0.15, 0.2) is 65.7 Å². The predicted molar refractivity (Wildman–Crippen MR) is 135 cm³/mol. The molecule has 0 amide bonds. The van der Waals surface area contributed by atoms with Crippen molar-refractivity contribution in [2.45, 2.75) is 39.7 Å². The van der Waals surface area contributed by atoms with Gasteiger partial charge in [-0.2, -0.15) is 0 Å². The zero-order valence-electron chi connectivity index (χ0n) is 19.5. The number of rotatable bonds is 10. The monoisotopic (exact) mass is 476 g/mol. The first-order chi connectivity index (χ1) is 16.5. The second kappa shape index (κ2) is 11.1. The van der Waals surface area contributed by atoms with Crippen LogP contribution in [-0.2, 0) is 17.7 Å². The molecule has 34 heavy (non-hydrogen) atoms. The molecule has 6 nitrogen and oxygen atoms in total. The largest absolute Gasteiger partial charge is 0.494 e. The first-order valence-corrected chi connectivity index (χ1v) is 12.2. The van der Waals surface area contributed by atoms with Crippen LogP contribution in [0, 0.1) is 13.8 Å². The van der Waals surface area contributed by atoms with Crippen molar-refractivity contribution in [2.24, 2.45) is 0 Å². The van der Waals surface area contributed by atoms with E-state index < -0.39 is 5.97 Å². The number of esters is 1. The summed E-state index contributed by atoms with van der Waals surface area (Å²) in [6, 6.07) is 17.8. The van der Waals surface area contributed by atoms with E-state index in [4.69, 9.17) is 9.47 Å². The van der Waals surface area contributed by atoms with Crippen molar-refractivity contribution in [3.63, 3.8) is 0 Å². The first-order valence-electron chi connectivity index (χ1n) is 11.4. The van der Waals surface area contributed by atoms with Gasteiger partial charge < -0.3 is 9.47 Å². The van der Waals surface area contributed by atoms with Crippen LogP contribution in [0.2, 0.25) is 0 Å². The molecule has 0 bridgehead atoms. The molecule has 0 aliphatic carbocycles. The summed E-state index contributed by atoms with van der Waals surface area (Å²) in [5, 5.41) is 0.499. The molecule has 0 saturated heterocycles. The topological polar surface area (TPSA) is 70.4 Å². The molecule has 7 heteroatoms. The normalized spacial score (nSPS) is 11.0. The summed E-state index contributed by atoms with van der Waals surface area (Å²) in [7, 11) is 0. The van der Waals surface area contributed by atoms with Crippen LogP contribution in [-0.4, -0.2) is 28.7 Å². The molecule has 0 spiro atoms. The lowest BCUT2D eigenvalue weighted by molar-refractivity contribution is 0.0514. The summed E-state index contributed by atoms with van der Waals surface area (Å²) in [5.74, 6) is 0.443. The highest BCUT2D eigenvalue weighted by molar-refractivity contribution is 7.20. The van der Waals surface area contributed by atoms with Crippen LogP contribution in [0.25, 0.3) is 10.2 Å². The van der Waals surface area contributed by atoms with Gasteiger partial charge in [0.1, 0.15) is 15.5 Å². The van der Waals surface area contributed by atoms with Gasteiger partial charge in [-0.1, -0.05) is 48.0 Å². The van der Waals surface area contributed by atoms with Crippen LogP contribution >= 0.6 is 11.3 Å². The van der Waals surface area contributed by atoms with Gasteiger partial charge in [0.15, 0.2) is 0 Å². The van der Waals surface area contributed by atoms with E-state index in [-0.39, 0.29) is 5.56 Å². The Hall–Kier alpha value is -3.45. The second-order valence-electron chi connectivity index (χ2n) is 8.22. The average molecular weight is 477 g/mol. The van der Waals surface area contributed by atoms with Gasteiger partial charge in [0.25, 0.3) is 5.56 Å². The number of aromatic nitrogens is 2. The molecule has 0 fully saturated rings. The quantitative estimate of drug-likeness (QED) is 0.228. The second-order valence-corrected chi connectivity index (χ2v) is 9.22. The van der Waals surface area contributed by atoms with Crippen molar-refractivity contribution in [2.75, 3.05) is 13.2 Å². The molecule has 4 rings (SSSR count). The number of ether oxygens (including phenoxy) is 2. The summed E-state index contributed by atoms with van der Waals surface area (Å²) in [6.45, 7) is 5.25. The van der Waals surface area contributed by atoms with Gasteiger partial charge in [-0.25, -0.2) is 9.78 Å². The minimum atomic E-state index is -0.407. The van der Waals surface area contributed by atoms with Gasteiger partial charge in [0, 0.05) is 13.0 Å². The molecule has 0 atom stereocenters. The number of carbonyl (C=O) groups is 1. The van der Waals surface area contributed by atoms with E-state index in [0.717, 1.165) is 24.2 Å². The van der Waals surface area contributed by atoms with E-state index in [0.29, 0.717) is 46.8 Å². The van der Waals surface area contributed by atoms with E-state index in [1.54, 1.807) is 17.8 Å². The summed E-state index contributed by atoms with van der Waals surface area (Å²) in [4.78, 5) is 31.1. The Morgan fingerprint density at radius 2 is 1.76 bits per heavy atom. The highest BCUT2D eigenvalue weighted by Crippen LogP contribution is 2.27. The van der Waals surface area contributed by atoms with Gasteiger partial charge in [0.05, 0.1) is 24.9 Å². The van der Waals surface area contributed by atoms with Crippen molar-refractivity contribution in [1.82, 2.24) is 9.55 Å². The molecule has 0 unspecified atom stereocenters. The molecule has 176 valence electrons. The number of carbonyl (C=O) groups excluding carboxylic acids is 1. The maximum absolute atomic E-state index is 13.0. The van der Waals surface area contributed by atoms with Gasteiger partial charge >= 0.3 is 5.97 Å². The van der Waals surface area contributed by atoms with Crippen molar-refractivity contribution < 1.29 is 14.3 Å². The first kappa shape index (κ1) is 23.7. The SMILES string of the molecule is Cc1ccc(OCCCCn2cnc3sc(C(=O)OCCc4ccccc4)c(C)c3c2=O)cc1. The van der Waals surface area contributed by atoms with Crippen LogP contribution < -0.4 is 10.3 Å². The average Bonchev–Trinajstić information content (AvgIpc) is 3.19. The van der Waals surface area contributed by atoms with E-state index in [9.17, 15) is 9.59 Å². The number of nitrogens with zero attached hydrogens (tertiary/aromatic N) is 2. The van der Waals surface area contributed by atoms with Crippen LogP contribution in [0.1, 0.15) is 39.2 Å². The van der Waals surface area contributed by atoms with Crippen molar-refractivity contribution in [1.29, 1.82) is 0 Å². The maximum atomic E-state index is 13.0. The highest BCUT2D eigenvalue weighted by atomic mass is 32.1. The zero-order valence-corrected chi connectivity index (χ0v) is 20.3. The maximum Gasteiger partial charge on any atom is 0.348 e. The number of unbranched alkanes of at least 4 members (excludes halogenated alkanes) is 1. The Kier molecular flexibility index (Phi) is 7.75. The number of hydrogen-bond acceptors (Lipinski definition) is 6. The van der Waals surface area contributed by atoms with Gasteiger partial charge in [0.2, 0.25) is 0 Å². The molecule has 0 saturated carbocycles. The Labute approximate surface area is 202 Å². The van der Waals surface area contributed by atoms with Crippen molar-refractivity contribution in [3.05, 3.63) is 92.8 Å². The summed E-state index contributed by atoms with van der Waals surface area (Å²) in [5.41, 5.74) is 2.82. The fourth-order valence-corrected chi connectivity index (χ4v) is 4.73. The number of aryl methyl sites for hydroxylation is 3. The Morgan fingerprint density at radius 3 is 2.53 bits per heavy atom. The predicted octanol–water partition coefficient (Wildman–Crippen LogP) is 5.33. The number of hydrogen-bond donors (Lipinski definition) is 0. The molecule has 2 aromatic carbocycles. The Balaban J connectivity index is 1.34. The van der Waals surface area contributed by atoms with Gasteiger partial charge in [-0.15, -0.1) is 11.3 Å². The lowest BCUT2D eigenvalue weighted by Crippen LogP contribution is -2.21. The third-order valence-electron chi connectivity index (χ3n) is 5.65. The molecular weight excluding hydrogens is 448 g/mol. The fraction of sp³-hybridized carbons (Fsp3) is 0.296. The van der Waals surface area contributed by atoms with Crippen molar-refractivity contribution in [3.8, 4) is 5.75 Å². The van der Waals surface area contributed by atoms with E-state index in [1.807, 2.05) is 61.5 Å². The van der Waals surface area contributed by atoms with E-state index in [2.05, 4.69) is 4.98 Å². The zero-order chi connectivity index (χ0) is 23.9. The fourth-order valence-electron chi connectivity index (χ4n) is 3.69. The Morgan fingerprint density at radius 1 is 1.00 bits per heavy atom. The van der Waals surface area contributed by atoms with E-state index in [1.165, 1.54) is 16.9 Å². The van der Waals surface area contributed by atoms with Gasteiger partial charge in [-0.3, -0.25) is 9.36 Å². The highest BCUT2D eigenvalue weighted by Gasteiger charge is 2.20. The molecule has 0 aliphatic heterocycles. The lowest BCUT2D eigenvalue weighted by atomic mass is 10.2. The summed E-state index contributed by atoms with van der Waals surface area (Å²) >= 11 is 1.21. The Bertz CT molecular complexity index is 1310. The minimum Gasteiger partial charge on any atom is -0.494 e. The van der Waals surface area contributed by atoms with Crippen LogP contribution in [0.5, 0.6) is 5.75 Å². The van der Waals surface area contributed by atoms with Crippen molar-refractivity contribution >= 4 is 27.5 Å². The lowest BCUT2D eigenvalue weighted by Gasteiger charge is -2.08. The van der Waals surface area contributed by atoms with Crippen LogP contribution in [0.4, 0.5) is 0 Å². The molecule has 0 N–H and O–H groups in total. The number of benzene rings is 2. The smallest absolute Gasteiger partial charge is 0.348 e. The molecule has 2 aromatic heterocycles. The molecular formula is C27H28N2O4S. The number of thiophene rings is 1. The summed E-state index contributed by atoms with van der Waals surface area (Å²) < 4.78 is 12.8.